The van der Waals surface area contributed by atoms with Gasteiger partial charge in [0, 0.05) is 41.1 Å². The smallest absolute Gasteiger partial charge is 0.280 e. The van der Waals surface area contributed by atoms with Crippen LogP contribution < -0.4 is 25.0 Å². The van der Waals surface area contributed by atoms with E-state index in [4.69, 9.17) is 15.6 Å². The van der Waals surface area contributed by atoms with Crippen LogP contribution in [0.2, 0.25) is 0 Å². The minimum atomic E-state index is -1.04. The van der Waals surface area contributed by atoms with Gasteiger partial charge in [0.2, 0.25) is 5.43 Å². The van der Waals surface area contributed by atoms with Crippen LogP contribution in [0.4, 0.5) is 14.5 Å². The lowest BCUT2D eigenvalue weighted by Crippen LogP contribution is -2.30. The Morgan fingerprint density at radius 1 is 0.977 bits per heavy atom. The van der Waals surface area contributed by atoms with Gasteiger partial charge in [-0.3, -0.25) is 19.3 Å². The van der Waals surface area contributed by atoms with Crippen molar-refractivity contribution in [1.29, 1.82) is 0 Å². The summed E-state index contributed by atoms with van der Waals surface area (Å²) in [7, 11) is 2.97. The Morgan fingerprint density at radius 3 is 2.35 bits per heavy atom. The second-order valence-electron chi connectivity index (χ2n) is 9.82. The van der Waals surface area contributed by atoms with E-state index < -0.39 is 34.7 Å². The van der Waals surface area contributed by atoms with E-state index in [-0.39, 0.29) is 28.8 Å². The first-order valence-corrected chi connectivity index (χ1v) is 13.2. The van der Waals surface area contributed by atoms with Crippen LogP contribution in [0.3, 0.4) is 0 Å². The predicted molar refractivity (Wildman–Crippen MR) is 158 cm³/mol. The van der Waals surface area contributed by atoms with Crippen LogP contribution in [0.5, 0.6) is 23.0 Å². The van der Waals surface area contributed by atoms with Crippen molar-refractivity contribution in [3.63, 3.8) is 0 Å². The molecule has 2 heterocycles. The third-order valence-corrected chi connectivity index (χ3v) is 6.73. The molecule has 220 valence electrons. The van der Waals surface area contributed by atoms with Crippen molar-refractivity contribution < 1.29 is 29.2 Å². The molecule has 9 nitrogen and oxygen atoms in total. The first kappa shape index (κ1) is 27.8. The molecule has 5 aromatic rings. The number of anilines is 1. The number of hydrogen-bond donors (Lipinski definition) is 1. The Labute approximate surface area is 247 Å². The summed E-state index contributed by atoms with van der Waals surface area (Å²) in [6, 6.07) is 11.8. The third kappa shape index (κ3) is 5.74. The number of halogens is 2. The van der Waals surface area contributed by atoms with Crippen LogP contribution >= 0.6 is 0 Å². The topological polar surface area (TPSA) is 105 Å². The highest BCUT2D eigenvalue weighted by Gasteiger charge is 2.23. The van der Waals surface area contributed by atoms with Crippen LogP contribution in [0.1, 0.15) is 37.4 Å². The lowest BCUT2D eigenvalue weighted by molar-refractivity contribution is 0.101. The van der Waals surface area contributed by atoms with Crippen molar-refractivity contribution in [2.45, 2.75) is 26.8 Å². The summed E-state index contributed by atoms with van der Waals surface area (Å²) in [6.45, 7) is 5.34. The second-order valence-corrected chi connectivity index (χ2v) is 9.82. The molecule has 0 atom stereocenters. The summed E-state index contributed by atoms with van der Waals surface area (Å²) >= 11 is 0. The molecular formula is C32H28F2N4O5. The van der Waals surface area contributed by atoms with E-state index in [0.717, 1.165) is 0 Å². The number of pyridine rings is 1. The van der Waals surface area contributed by atoms with Crippen molar-refractivity contribution in [3.8, 4) is 34.1 Å². The molecule has 0 saturated carbocycles. The molecule has 0 aliphatic rings. The lowest BCUT2D eigenvalue weighted by atomic mass is 10.0. The van der Waals surface area contributed by atoms with Gasteiger partial charge in [-0.15, -0.1) is 0 Å². The largest absolute Gasteiger partial charge is 0.493 e. The van der Waals surface area contributed by atoms with Gasteiger partial charge >= 0.3 is 0 Å². The zero-order chi connectivity index (χ0) is 31.7. The van der Waals surface area contributed by atoms with Gasteiger partial charge in [-0.1, -0.05) is 12.1 Å². The molecular weight excluding hydrogens is 558 g/mol. The Morgan fingerprint density at radius 2 is 1.67 bits per heavy atom. The molecule has 5 rings (SSSR count). The molecule has 0 aliphatic heterocycles. The molecule has 1 amide bonds. The monoisotopic (exact) mass is 587 g/mol. The molecule has 3 aromatic carbocycles. The maximum absolute atomic E-state index is 15.4. The number of amides is 1. The highest BCUT2D eigenvalue weighted by atomic mass is 19.1. The SMILES string of the molecule is [2H]c1c(NC(=O)c2nn(C(C)C)c(C)c(-c3ccc(F)cc3)c2=O)ccc(Oc2ccnc3cc(OC)c(OC)cc23)c1F. The average molecular weight is 588 g/mol. The number of nitrogens with zero attached hydrogens (tertiary/aromatic N) is 3. The molecule has 2 aromatic heterocycles. The Bertz CT molecular complexity index is 1960. The van der Waals surface area contributed by atoms with Crippen molar-refractivity contribution in [3.05, 3.63) is 100 Å². The second kappa shape index (κ2) is 11.9. The summed E-state index contributed by atoms with van der Waals surface area (Å²) < 4.78 is 55.4. The Hall–Kier alpha value is -5.32. The van der Waals surface area contributed by atoms with Gasteiger partial charge < -0.3 is 19.5 Å². The molecule has 0 saturated heterocycles. The van der Waals surface area contributed by atoms with Crippen molar-refractivity contribution in [1.82, 2.24) is 14.8 Å². The summed E-state index contributed by atoms with van der Waals surface area (Å²) in [5.74, 6) is -1.61. The molecule has 0 unspecified atom stereocenters. The fourth-order valence-electron chi connectivity index (χ4n) is 4.68. The third-order valence-electron chi connectivity index (χ3n) is 6.73. The fraction of sp³-hybridized carbons (Fsp3) is 0.188. The van der Waals surface area contributed by atoms with Gasteiger partial charge in [0.25, 0.3) is 5.91 Å². The van der Waals surface area contributed by atoms with Crippen LogP contribution in [0.25, 0.3) is 22.0 Å². The molecule has 1 N–H and O–H groups in total. The molecule has 43 heavy (non-hydrogen) atoms. The van der Waals surface area contributed by atoms with Gasteiger partial charge in [-0.25, -0.2) is 8.78 Å². The van der Waals surface area contributed by atoms with E-state index in [2.05, 4.69) is 15.4 Å². The van der Waals surface area contributed by atoms with E-state index in [1.807, 2.05) is 13.8 Å². The fourth-order valence-corrected chi connectivity index (χ4v) is 4.68. The quantitative estimate of drug-likeness (QED) is 0.216. The molecule has 11 heteroatoms. The number of carbonyl (C=O) groups excluding carboxylic acids is 1. The number of carbonyl (C=O) groups is 1. The summed E-state index contributed by atoms with van der Waals surface area (Å²) in [5, 5.41) is 7.21. The summed E-state index contributed by atoms with van der Waals surface area (Å²) in [6.07, 6.45) is 1.48. The number of aromatic nitrogens is 3. The van der Waals surface area contributed by atoms with Crippen molar-refractivity contribution in [2.24, 2.45) is 0 Å². The van der Waals surface area contributed by atoms with Gasteiger partial charge in [0.15, 0.2) is 28.8 Å². The van der Waals surface area contributed by atoms with Crippen LogP contribution in [0.15, 0.2) is 71.6 Å². The maximum Gasteiger partial charge on any atom is 0.280 e. The number of rotatable bonds is 8. The highest BCUT2D eigenvalue weighted by Crippen LogP contribution is 2.37. The minimum absolute atomic E-state index is 0.179. The van der Waals surface area contributed by atoms with E-state index in [0.29, 0.717) is 33.7 Å². The van der Waals surface area contributed by atoms with Crippen LogP contribution in [-0.2, 0) is 0 Å². The Balaban J connectivity index is 1.49. The van der Waals surface area contributed by atoms with Crippen LogP contribution in [-0.4, -0.2) is 34.9 Å². The Kier molecular flexibility index (Phi) is 7.69. The van der Waals surface area contributed by atoms with Gasteiger partial charge in [-0.2, -0.15) is 5.10 Å². The van der Waals surface area contributed by atoms with E-state index in [1.54, 1.807) is 19.1 Å². The zero-order valence-corrected chi connectivity index (χ0v) is 24.0. The molecule has 0 fully saturated rings. The van der Waals surface area contributed by atoms with Crippen molar-refractivity contribution in [2.75, 3.05) is 19.5 Å². The number of fused-ring (bicyclic) bond motifs is 1. The van der Waals surface area contributed by atoms with E-state index >= 15 is 4.39 Å². The van der Waals surface area contributed by atoms with Crippen molar-refractivity contribution >= 4 is 22.5 Å². The normalized spacial score (nSPS) is 11.4. The standard InChI is InChI=1S/C32H28F2N4O5/c1-17(2)38-18(3)29(19-6-8-20(33)9-7-19)31(39)30(37-38)32(40)36-21-10-11-26(23(34)14-21)43-25-12-13-35-24-16-28(42-5)27(41-4)15-22(24)25/h6-17H,1-5H3,(H,36,40)/i14D. The minimum Gasteiger partial charge on any atom is -0.493 e. The molecule has 0 bridgehead atoms. The highest BCUT2D eigenvalue weighted by molar-refractivity contribution is 6.03. The first-order chi connectivity index (χ1) is 21.0. The number of ether oxygens (including phenoxy) is 3. The summed E-state index contributed by atoms with van der Waals surface area (Å²) in [4.78, 5) is 31.1. The number of nitrogens with one attached hydrogen (secondary N) is 1. The summed E-state index contributed by atoms with van der Waals surface area (Å²) in [5.41, 5.74) is 0.234. The van der Waals surface area contributed by atoms with Crippen LogP contribution in [0, 0.1) is 18.6 Å². The molecule has 0 aliphatic carbocycles. The molecule has 0 spiro atoms. The van der Waals surface area contributed by atoms with E-state index in [1.165, 1.54) is 67.6 Å². The average Bonchev–Trinajstić information content (AvgIpc) is 3.01. The van der Waals surface area contributed by atoms with Gasteiger partial charge in [0.05, 0.1) is 26.7 Å². The lowest BCUT2D eigenvalue weighted by Gasteiger charge is -2.18. The number of hydrogen-bond acceptors (Lipinski definition) is 7. The maximum atomic E-state index is 15.4. The number of benzene rings is 3. The van der Waals surface area contributed by atoms with Gasteiger partial charge in [0.1, 0.15) is 11.6 Å². The van der Waals surface area contributed by atoms with E-state index in [9.17, 15) is 14.0 Å². The number of methoxy groups -OCH3 is 2. The first-order valence-electron chi connectivity index (χ1n) is 13.7. The molecule has 0 radical (unpaired) electrons. The zero-order valence-electron chi connectivity index (χ0n) is 25.0. The predicted octanol–water partition coefficient (Wildman–Crippen LogP) is 6.69. The van der Waals surface area contributed by atoms with Gasteiger partial charge in [-0.05, 0) is 62.7 Å².